The van der Waals surface area contributed by atoms with E-state index >= 15 is 0 Å². The third-order valence-electron chi connectivity index (χ3n) is 3.62. The van der Waals surface area contributed by atoms with Gasteiger partial charge >= 0.3 is 0 Å². The molecule has 2 aromatic carbocycles. The number of ketones is 1. The normalized spacial score (nSPS) is 10.3. The van der Waals surface area contributed by atoms with Crippen LogP contribution in [0.15, 0.2) is 71.5 Å². The number of rotatable bonds is 6. The van der Waals surface area contributed by atoms with E-state index in [0.717, 1.165) is 6.07 Å². The second-order valence-electron chi connectivity index (χ2n) is 5.53. The van der Waals surface area contributed by atoms with E-state index in [-0.39, 0.29) is 17.9 Å². The lowest BCUT2D eigenvalue weighted by Gasteiger charge is -2.09. The van der Waals surface area contributed by atoms with Gasteiger partial charge in [0.25, 0.3) is 5.91 Å². The summed E-state index contributed by atoms with van der Waals surface area (Å²) in [5, 5.41) is 2.60. The van der Waals surface area contributed by atoms with E-state index < -0.39 is 17.5 Å². The van der Waals surface area contributed by atoms with E-state index in [1.165, 1.54) is 18.3 Å². The van der Waals surface area contributed by atoms with Crippen molar-refractivity contribution in [1.29, 1.82) is 0 Å². The molecule has 3 rings (SSSR count). The molecule has 0 aliphatic heterocycles. The molecule has 0 spiro atoms. The molecule has 3 aromatic rings. The lowest BCUT2D eigenvalue weighted by atomic mass is 10.0. The maximum absolute atomic E-state index is 14.4. The molecular formula is C20H14BrFN2O3. The number of carbonyl (C=O) groups excluding carboxylic acids is 2. The molecule has 0 saturated carbocycles. The van der Waals surface area contributed by atoms with Gasteiger partial charge in [0.05, 0.1) is 17.4 Å². The van der Waals surface area contributed by atoms with Crippen LogP contribution in [0, 0.1) is 5.82 Å². The van der Waals surface area contributed by atoms with Gasteiger partial charge in [-0.3, -0.25) is 14.6 Å². The Morgan fingerprint density at radius 3 is 2.59 bits per heavy atom. The molecule has 0 atom stereocenters. The first-order valence-electron chi connectivity index (χ1n) is 7.96. The second kappa shape index (κ2) is 8.55. The summed E-state index contributed by atoms with van der Waals surface area (Å²) in [7, 11) is 0. The summed E-state index contributed by atoms with van der Waals surface area (Å²) in [5.74, 6) is -1.42. The fourth-order valence-corrected chi connectivity index (χ4v) is 2.81. The lowest BCUT2D eigenvalue weighted by Crippen LogP contribution is -2.20. The molecule has 1 N–H and O–H groups in total. The van der Waals surface area contributed by atoms with Crippen LogP contribution in [0.4, 0.5) is 10.1 Å². The molecule has 0 aliphatic rings. The van der Waals surface area contributed by atoms with Gasteiger partial charge in [0.2, 0.25) is 0 Å². The second-order valence-corrected chi connectivity index (χ2v) is 6.38. The number of aromatic nitrogens is 1. The summed E-state index contributed by atoms with van der Waals surface area (Å²) >= 11 is 3.28. The van der Waals surface area contributed by atoms with Crippen molar-refractivity contribution in [1.82, 2.24) is 4.98 Å². The predicted molar refractivity (Wildman–Crippen MR) is 102 cm³/mol. The van der Waals surface area contributed by atoms with Crippen LogP contribution in [-0.2, 0) is 4.79 Å². The Morgan fingerprint density at radius 2 is 1.89 bits per heavy atom. The van der Waals surface area contributed by atoms with Crippen LogP contribution in [0.5, 0.6) is 5.75 Å². The van der Waals surface area contributed by atoms with Crippen molar-refractivity contribution >= 4 is 33.3 Å². The summed E-state index contributed by atoms with van der Waals surface area (Å²) in [4.78, 5) is 28.2. The van der Waals surface area contributed by atoms with Crippen molar-refractivity contribution in [2.75, 3.05) is 11.9 Å². The van der Waals surface area contributed by atoms with Crippen LogP contribution in [0.1, 0.15) is 15.9 Å². The van der Waals surface area contributed by atoms with Crippen LogP contribution in [0.3, 0.4) is 0 Å². The average molecular weight is 429 g/mol. The monoisotopic (exact) mass is 428 g/mol. The third-order valence-corrected chi connectivity index (χ3v) is 4.31. The third kappa shape index (κ3) is 4.77. The van der Waals surface area contributed by atoms with Gasteiger partial charge in [-0.15, -0.1) is 0 Å². The molecule has 5 nitrogen and oxygen atoms in total. The van der Waals surface area contributed by atoms with Gasteiger partial charge in [-0.2, -0.15) is 0 Å². The fraction of sp³-hybridized carbons (Fsp3) is 0.0500. The van der Waals surface area contributed by atoms with Gasteiger partial charge in [0.1, 0.15) is 11.6 Å². The van der Waals surface area contributed by atoms with Crippen LogP contribution in [0.2, 0.25) is 0 Å². The van der Waals surface area contributed by atoms with Crippen molar-refractivity contribution < 1.29 is 18.7 Å². The molecule has 0 fully saturated rings. The topological polar surface area (TPSA) is 68.3 Å². The van der Waals surface area contributed by atoms with Crippen LogP contribution in [-0.4, -0.2) is 23.3 Å². The number of hydrogen-bond acceptors (Lipinski definition) is 4. The standard InChI is InChI=1S/C20H14BrFN2O3/c21-17-6-2-1-5-15(17)20(26)16-8-7-14(10-18(16)22)27-12-19(25)24-13-4-3-9-23-11-13/h1-11H,12H2,(H,24,25). The fourth-order valence-electron chi connectivity index (χ4n) is 2.34. The van der Waals surface area contributed by atoms with E-state index in [1.807, 2.05) is 0 Å². The van der Waals surface area contributed by atoms with Crippen molar-refractivity contribution in [3.63, 3.8) is 0 Å². The maximum atomic E-state index is 14.4. The zero-order valence-corrected chi connectivity index (χ0v) is 15.6. The van der Waals surface area contributed by atoms with E-state index in [4.69, 9.17) is 4.74 Å². The number of benzene rings is 2. The summed E-state index contributed by atoms with van der Waals surface area (Å²) in [6.45, 7) is -0.300. The number of anilines is 1. The Hall–Kier alpha value is -3.06. The van der Waals surface area contributed by atoms with E-state index in [9.17, 15) is 14.0 Å². The molecule has 136 valence electrons. The number of nitrogens with zero attached hydrogens (tertiary/aromatic N) is 1. The number of hydrogen-bond donors (Lipinski definition) is 1. The zero-order valence-electron chi connectivity index (χ0n) is 14.0. The predicted octanol–water partition coefficient (Wildman–Crippen LogP) is 4.23. The molecule has 1 amide bonds. The minimum atomic E-state index is -0.721. The highest BCUT2D eigenvalue weighted by molar-refractivity contribution is 9.10. The quantitative estimate of drug-likeness (QED) is 0.596. The minimum Gasteiger partial charge on any atom is -0.484 e. The molecular weight excluding hydrogens is 415 g/mol. The van der Waals surface area contributed by atoms with Crippen molar-refractivity contribution in [3.05, 3.63) is 88.4 Å². The van der Waals surface area contributed by atoms with E-state index in [1.54, 1.807) is 42.6 Å². The van der Waals surface area contributed by atoms with Crippen molar-refractivity contribution in [3.8, 4) is 5.75 Å². The van der Waals surface area contributed by atoms with Crippen LogP contribution in [0.25, 0.3) is 0 Å². The lowest BCUT2D eigenvalue weighted by molar-refractivity contribution is -0.118. The first-order valence-corrected chi connectivity index (χ1v) is 8.75. The number of carbonyl (C=O) groups is 2. The molecule has 0 unspecified atom stereocenters. The molecule has 0 saturated heterocycles. The summed E-state index contributed by atoms with van der Waals surface area (Å²) in [6.07, 6.45) is 3.09. The average Bonchev–Trinajstić information content (AvgIpc) is 2.67. The molecule has 1 aromatic heterocycles. The van der Waals surface area contributed by atoms with Gasteiger partial charge in [0.15, 0.2) is 12.4 Å². The van der Waals surface area contributed by atoms with Gasteiger partial charge in [0, 0.05) is 22.3 Å². The molecule has 0 bridgehead atoms. The largest absolute Gasteiger partial charge is 0.484 e. The number of nitrogens with one attached hydrogen (secondary N) is 1. The van der Waals surface area contributed by atoms with E-state index in [0.29, 0.717) is 15.7 Å². The van der Waals surface area contributed by atoms with Gasteiger partial charge in [-0.25, -0.2) is 4.39 Å². The number of pyridine rings is 1. The summed E-state index contributed by atoms with van der Waals surface area (Å²) < 4.78 is 20.2. The summed E-state index contributed by atoms with van der Waals surface area (Å²) in [6, 6.07) is 14.0. The van der Waals surface area contributed by atoms with Crippen LogP contribution >= 0.6 is 15.9 Å². The molecule has 7 heteroatoms. The molecule has 0 aliphatic carbocycles. The first kappa shape index (κ1) is 18.7. The Balaban J connectivity index is 1.65. The SMILES string of the molecule is O=C(COc1ccc(C(=O)c2ccccc2Br)c(F)c1)Nc1cccnc1. The smallest absolute Gasteiger partial charge is 0.262 e. The number of halogens is 2. The van der Waals surface area contributed by atoms with Crippen molar-refractivity contribution in [2.24, 2.45) is 0 Å². The summed E-state index contributed by atoms with van der Waals surface area (Å²) in [5.41, 5.74) is 0.821. The molecule has 27 heavy (non-hydrogen) atoms. The Bertz CT molecular complexity index is 980. The highest BCUT2D eigenvalue weighted by Crippen LogP contribution is 2.23. The van der Waals surface area contributed by atoms with E-state index in [2.05, 4.69) is 26.2 Å². The van der Waals surface area contributed by atoms with Gasteiger partial charge in [-0.05, 0) is 36.4 Å². The Labute approximate surface area is 163 Å². The minimum absolute atomic E-state index is 0.0749. The number of ether oxygens (including phenoxy) is 1. The highest BCUT2D eigenvalue weighted by Gasteiger charge is 2.17. The van der Waals surface area contributed by atoms with Crippen molar-refractivity contribution in [2.45, 2.75) is 0 Å². The maximum Gasteiger partial charge on any atom is 0.262 e. The Kier molecular flexibility index (Phi) is 5.93. The molecule has 1 heterocycles. The molecule has 0 radical (unpaired) electrons. The number of amides is 1. The highest BCUT2D eigenvalue weighted by atomic mass is 79.9. The van der Waals surface area contributed by atoms with Gasteiger partial charge in [-0.1, -0.05) is 28.1 Å². The first-order chi connectivity index (χ1) is 13.0. The van der Waals surface area contributed by atoms with Crippen LogP contribution < -0.4 is 10.1 Å². The van der Waals surface area contributed by atoms with Gasteiger partial charge < -0.3 is 10.1 Å². The Morgan fingerprint density at radius 1 is 1.07 bits per heavy atom. The zero-order chi connectivity index (χ0) is 19.2.